The Hall–Kier alpha value is -2.12. The van der Waals surface area contributed by atoms with Crippen LogP contribution in [0, 0.1) is 5.92 Å². The van der Waals surface area contributed by atoms with Crippen molar-refractivity contribution in [3.05, 3.63) is 46.2 Å². The highest BCUT2D eigenvalue weighted by Crippen LogP contribution is 2.38. The van der Waals surface area contributed by atoms with Gasteiger partial charge in [-0.1, -0.05) is 43.8 Å². The molecule has 1 unspecified atom stereocenters. The zero-order chi connectivity index (χ0) is 20.2. The molecule has 2 aromatic heterocycles. The van der Waals surface area contributed by atoms with Crippen LogP contribution in [0.1, 0.15) is 37.1 Å². The number of benzene rings is 1. The molecule has 0 radical (unpaired) electrons. The highest BCUT2D eigenvalue weighted by molar-refractivity contribution is 7.99. The lowest BCUT2D eigenvalue weighted by Gasteiger charge is -2.19. The second-order valence-corrected chi connectivity index (χ2v) is 9.47. The molecule has 1 aliphatic rings. The summed E-state index contributed by atoms with van der Waals surface area (Å²) in [4.78, 5) is 13.8. The Morgan fingerprint density at radius 2 is 2.14 bits per heavy atom. The zero-order valence-electron chi connectivity index (χ0n) is 16.9. The summed E-state index contributed by atoms with van der Waals surface area (Å²) in [5.41, 5.74) is 3.50. The molecule has 1 aliphatic carbocycles. The van der Waals surface area contributed by atoms with E-state index in [2.05, 4.69) is 39.3 Å². The molecule has 2 heterocycles. The topological polar surface area (TPSA) is 59.8 Å². The summed E-state index contributed by atoms with van der Waals surface area (Å²) in [6.45, 7) is 5.34. The molecule has 0 saturated heterocycles. The predicted octanol–water partition coefficient (Wildman–Crippen LogP) is 5.27. The number of fused-ring (bicyclic) bond motifs is 1. The molecule has 7 heteroatoms. The lowest BCUT2D eigenvalue weighted by Crippen LogP contribution is -2.14. The first-order chi connectivity index (χ1) is 14.2. The fraction of sp³-hybridized carbons (Fsp3) is 0.409. The average Bonchev–Trinajstić information content (AvgIpc) is 3.31. The smallest absolute Gasteiger partial charge is 0.234 e. The fourth-order valence-electron chi connectivity index (χ4n) is 3.73. The van der Waals surface area contributed by atoms with E-state index >= 15 is 0 Å². The molecule has 1 N–H and O–H groups in total. The van der Waals surface area contributed by atoms with Gasteiger partial charge in [0, 0.05) is 28.1 Å². The lowest BCUT2D eigenvalue weighted by molar-refractivity contribution is -0.113. The van der Waals surface area contributed by atoms with Crippen molar-refractivity contribution >= 4 is 34.7 Å². The number of thiophene rings is 1. The molecular weight excluding hydrogens is 400 g/mol. The van der Waals surface area contributed by atoms with Crippen molar-refractivity contribution in [2.24, 2.45) is 5.92 Å². The second-order valence-electron chi connectivity index (χ2n) is 7.56. The normalized spacial score (nSPS) is 15.9. The van der Waals surface area contributed by atoms with Gasteiger partial charge in [-0.2, -0.15) is 0 Å². The summed E-state index contributed by atoms with van der Waals surface area (Å²) < 4.78 is 2.18. The highest BCUT2D eigenvalue weighted by atomic mass is 32.2. The van der Waals surface area contributed by atoms with E-state index in [9.17, 15) is 4.79 Å². The molecule has 4 rings (SSSR count). The number of thioether (sulfide) groups is 1. The third-order valence-corrected chi connectivity index (χ3v) is 7.21. The van der Waals surface area contributed by atoms with Crippen molar-refractivity contribution in [1.82, 2.24) is 14.8 Å². The van der Waals surface area contributed by atoms with Gasteiger partial charge in [-0.3, -0.25) is 4.79 Å². The van der Waals surface area contributed by atoms with Crippen LogP contribution in [0.4, 0.5) is 5.69 Å². The summed E-state index contributed by atoms with van der Waals surface area (Å²) in [7, 11) is 0. The highest BCUT2D eigenvalue weighted by Gasteiger charge is 2.24. The van der Waals surface area contributed by atoms with Gasteiger partial charge in [0.15, 0.2) is 11.0 Å². The fourth-order valence-corrected chi connectivity index (χ4v) is 5.74. The molecule has 0 aliphatic heterocycles. The summed E-state index contributed by atoms with van der Waals surface area (Å²) >= 11 is 3.31. The lowest BCUT2D eigenvalue weighted by atomic mass is 9.88. The van der Waals surface area contributed by atoms with Crippen molar-refractivity contribution in [3.8, 4) is 11.4 Å². The van der Waals surface area contributed by atoms with Crippen molar-refractivity contribution in [2.75, 3.05) is 11.1 Å². The van der Waals surface area contributed by atoms with Gasteiger partial charge in [-0.15, -0.1) is 21.5 Å². The largest absolute Gasteiger partial charge is 0.325 e. The van der Waals surface area contributed by atoms with Crippen LogP contribution in [0.15, 0.2) is 40.9 Å². The Kier molecular flexibility index (Phi) is 6.35. The summed E-state index contributed by atoms with van der Waals surface area (Å²) in [6, 6.07) is 9.54. The van der Waals surface area contributed by atoms with E-state index < -0.39 is 0 Å². The van der Waals surface area contributed by atoms with Gasteiger partial charge in [0.1, 0.15) is 0 Å². The Morgan fingerprint density at radius 3 is 2.93 bits per heavy atom. The van der Waals surface area contributed by atoms with Crippen molar-refractivity contribution < 1.29 is 4.79 Å². The maximum atomic E-state index is 12.3. The quantitative estimate of drug-likeness (QED) is 0.523. The number of aromatic nitrogens is 3. The van der Waals surface area contributed by atoms with Gasteiger partial charge >= 0.3 is 0 Å². The number of rotatable bonds is 7. The minimum Gasteiger partial charge on any atom is -0.325 e. The monoisotopic (exact) mass is 426 g/mol. The third kappa shape index (κ3) is 4.56. The number of carbonyl (C=O) groups excluding carboxylic acids is 1. The Bertz CT molecular complexity index is 980. The van der Waals surface area contributed by atoms with Gasteiger partial charge in [0.05, 0.1) is 5.75 Å². The van der Waals surface area contributed by atoms with Crippen LogP contribution in [0.5, 0.6) is 0 Å². The van der Waals surface area contributed by atoms with E-state index in [1.165, 1.54) is 40.6 Å². The average molecular weight is 427 g/mol. The van der Waals surface area contributed by atoms with E-state index in [1.807, 2.05) is 41.7 Å². The van der Waals surface area contributed by atoms with E-state index in [4.69, 9.17) is 0 Å². The number of anilines is 1. The van der Waals surface area contributed by atoms with Gasteiger partial charge in [-0.05, 0) is 49.3 Å². The number of amides is 1. The molecule has 3 aromatic rings. The van der Waals surface area contributed by atoms with Crippen LogP contribution in [0.3, 0.4) is 0 Å². The van der Waals surface area contributed by atoms with E-state index in [0.29, 0.717) is 5.75 Å². The minimum absolute atomic E-state index is 0.0318. The van der Waals surface area contributed by atoms with Gasteiger partial charge in [0.2, 0.25) is 5.91 Å². The Balaban J connectivity index is 1.51. The van der Waals surface area contributed by atoms with Crippen LogP contribution in [-0.2, 0) is 24.2 Å². The van der Waals surface area contributed by atoms with Crippen LogP contribution in [0.25, 0.3) is 11.4 Å². The summed E-state index contributed by atoms with van der Waals surface area (Å²) in [6.07, 6.45) is 4.53. The summed E-state index contributed by atoms with van der Waals surface area (Å²) in [5.74, 6) is 1.99. The molecule has 1 atom stereocenters. The molecule has 0 saturated carbocycles. The van der Waals surface area contributed by atoms with Gasteiger partial charge in [-0.25, -0.2) is 0 Å². The van der Waals surface area contributed by atoms with Crippen molar-refractivity contribution in [2.45, 2.75) is 51.2 Å². The first-order valence-corrected chi connectivity index (χ1v) is 12.0. The maximum Gasteiger partial charge on any atom is 0.234 e. The summed E-state index contributed by atoms with van der Waals surface area (Å²) in [5, 5.41) is 15.0. The first-order valence-electron chi connectivity index (χ1n) is 10.2. The molecule has 152 valence electrons. The van der Waals surface area contributed by atoms with Crippen LogP contribution >= 0.6 is 23.1 Å². The van der Waals surface area contributed by atoms with Gasteiger partial charge in [0.25, 0.3) is 0 Å². The third-order valence-electron chi connectivity index (χ3n) is 5.20. The molecular formula is C22H26N4OS2. The molecule has 0 fully saturated rings. The Morgan fingerprint density at radius 1 is 1.31 bits per heavy atom. The molecule has 5 nitrogen and oxygen atoms in total. The van der Waals surface area contributed by atoms with Crippen molar-refractivity contribution in [1.29, 1.82) is 0 Å². The van der Waals surface area contributed by atoms with Crippen LogP contribution in [-0.4, -0.2) is 26.4 Å². The minimum atomic E-state index is -0.0318. The molecule has 0 bridgehead atoms. The second kappa shape index (κ2) is 9.13. The Labute approximate surface area is 179 Å². The van der Waals surface area contributed by atoms with Crippen LogP contribution in [0.2, 0.25) is 0 Å². The molecule has 1 aromatic carbocycles. The number of hydrogen-bond donors (Lipinski definition) is 1. The standard InChI is InChI=1S/C22H26N4OS2/c1-3-11-26-21(18-13-28-19-12-15(2)9-10-17(18)19)24-25-22(26)29-14-20(27)23-16-7-5-4-6-8-16/h4-8,13,15H,3,9-12,14H2,1-2H3,(H,23,27). The maximum absolute atomic E-state index is 12.3. The number of nitrogens with zero attached hydrogens (tertiary/aromatic N) is 3. The number of hydrogen-bond acceptors (Lipinski definition) is 5. The van der Waals surface area contributed by atoms with E-state index in [0.717, 1.165) is 42.0 Å². The van der Waals surface area contributed by atoms with E-state index in [-0.39, 0.29) is 5.91 Å². The molecule has 1 amide bonds. The molecule has 0 spiro atoms. The SMILES string of the molecule is CCCn1c(SCC(=O)Nc2ccccc2)nnc1-c1csc2c1CCC(C)C2. The zero-order valence-corrected chi connectivity index (χ0v) is 18.5. The number of carbonyl (C=O) groups is 1. The number of nitrogens with one attached hydrogen (secondary N) is 1. The predicted molar refractivity (Wildman–Crippen MR) is 121 cm³/mol. The van der Waals surface area contributed by atoms with Crippen LogP contribution < -0.4 is 5.32 Å². The molecule has 29 heavy (non-hydrogen) atoms. The van der Waals surface area contributed by atoms with Crippen molar-refractivity contribution in [3.63, 3.8) is 0 Å². The number of para-hydroxylation sites is 1. The van der Waals surface area contributed by atoms with E-state index in [1.54, 1.807) is 0 Å². The van der Waals surface area contributed by atoms with Gasteiger partial charge < -0.3 is 9.88 Å². The first kappa shape index (κ1) is 20.2.